The molecule has 0 bridgehead atoms. The molecule has 2 aliphatic heterocycles. The number of thioether (sulfide) groups is 1. The van der Waals surface area contributed by atoms with Gasteiger partial charge in [0.05, 0.1) is 4.91 Å². The van der Waals surface area contributed by atoms with Gasteiger partial charge in [0, 0.05) is 33.1 Å². The summed E-state index contributed by atoms with van der Waals surface area (Å²) in [6, 6.07) is 8.29. The average Bonchev–Trinajstić information content (AvgIpc) is 2.96. The van der Waals surface area contributed by atoms with Crippen molar-refractivity contribution in [3.05, 3.63) is 40.3 Å². The van der Waals surface area contributed by atoms with Crippen molar-refractivity contribution in [2.45, 2.75) is 26.7 Å². The molecule has 1 fully saturated rings. The van der Waals surface area contributed by atoms with Gasteiger partial charge in [0.2, 0.25) is 5.91 Å². The van der Waals surface area contributed by atoms with E-state index in [-0.39, 0.29) is 11.8 Å². The van der Waals surface area contributed by atoms with E-state index in [0.717, 1.165) is 23.8 Å². The SMILES string of the molecule is CC(=O)N1CCN(C2=NC(=O)/C(=C\c3ccc(C(C)C)cc3)S2)CC1. The van der Waals surface area contributed by atoms with Crippen molar-refractivity contribution in [3.63, 3.8) is 0 Å². The Hall–Kier alpha value is -2.08. The monoisotopic (exact) mass is 357 g/mol. The van der Waals surface area contributed by atoms with Gasteiger partial charge < -0.3 is 9.80 Å². The molecule has 0 saturated carbocycles. The van der Waals surface area contributed by atoms with Gasteiger partial charge in [-0.15, -0.1) is 0 Å². The number of hydrogen-bond donors (Lipinski definition) is 0. The van der Waals surface area contributed by atoms with Crippen LogP contribution < -0.4 is 0 Å². The summed E-state index contributed by atoms with van der Waals surface area (Å²) in [5.41, 5.74) is 2.30. The molecule has 0 atom stereocenters. The second kappa shape index (κ2) is 7.44. The van der Waals surface area contributed by atoms with Gasteiger partial charge in [-0.2, -0.15) is 4.99 Å². The van der Waals surface area contributed by atoms with Gasteiger partial charge in [-0.1, -0.05) is 38.1 Å². The number of amidine groups is 1. The molecule has 6 heteroatoms. The summed E-state index contributed by atoms with van der Waals surface area (Å²) in [5.74, 6) is 0.414. The third-order valence-corrected chi connectivity index (χ3v) is 5.55. The van der Waals surface area contributed by atoms with Crippen LogP contribution in [0.1, 0.15) is 37.8 Å². The van der Waals surface area contributed by atoms with Crippen LogP contribution in [0.25, 0.3) is 6.08 Å². The minimum absolute atomic E-state index is 0.0992. The molecular formula is C19H23N3O2S. The molecule has 2 aliphatic rings. The summed E-state index contributed by atoms with van der Waals surface area (Å²) in [5, 5.41) is 0.748. The highest BCUT2D eigenvalue weighted by Gasteiger charge is 2.28. The molecule has 25 heavy (non-hydrogen) atoms. The Morgan fingerprint density at radius 1 is 1.16 bits per heavy atom. The number of nitrogens with zero attached hydrogens (tertiary/aromatic N) is 3. The van der Waals surface area contributed by atoms with Crippen molar-refractivity contribution in [1.29, 1.82) is 0 Å². The molecule has 132 valence electrons. The molecule has 0 spiro atoms. The molecule has 0 unspecified atom stereocenters. The molecule has 1 saturated heterocycles. The van der Waals surface area contributed by atoms with E-state index in [1.54, 1.807) is 6.92 Å². The lowest BCUT2D eigenvalue weighted by Gasteiger charge is -2.34. The van der Waals surface area contributed by atoms with Gasteiger partial charge in [-0.3, -0.25) is 9.59 Å². The molecule has 0 aliphatic carbocycles. The van der Waals surface area contributed by atoms with Crippen molar-refractivity contribution in [3.8, 4) is 0 Å². The van der Waals surface area contributed by atoms with E-state index in [0.29, 0.717) is 23.9 Å². The Bertz CT molecular complexity index is 730. The van der Waals surface area contributed by atoms with Crippen LogP contribution in [-0.2, 0) is 9.59 Å². The highest BCUT2D eigenvalue weighted by Crippen LogP contribution is 2.31. The van der Waals surface area contributed by atoms with Crippen molar-refractivity contribution in [2.75, 3.05) is 26.2 Å². The number of rotatable bonds is 2. The second-order valence-corrected chi connectivity index (χ2v) is 7.63. The standard InChI is InChI=1S/C19H23N3O2S/c1-13(2)16-6-4-15(5-7-16)12-17-18(24)20-19(25-17)22-10-8-21(9-11-22)14(3)23/h4-7,12-13H,8-11H2,1-3H3/b17-12+. The van der Waals surface area contributed by atoms with Crippen LogP contribution in [0, 0.1) is 0 Å². The second-order valence-electron chi connectivity index (χ2n) is 6.62. The van der Waals surface area contributed by atoms with E-state index >= 15 is 0 Å². The number of aliphatic imine (C=N–C) groups is 1. The lowest BCUT2D eigenvalue weighted by molar-refractivity contribution is -0.130. The minimum atomic E-state index is -0.179. The molecule has 2 amide bonds. The summed E-state index contributed by atoms with van der Waals surface area (Å²) in [6.45, 7) is 8.71. The van der Waals surface area contributed by atoms with Crippen molar-refractivity contribution in [1.82, 2.24) is 9.80 Å². The maximum Gasteiger partial charge on any atom is 0.286 e. The molecular weight excluding hydrogens is 334 g/mol. The van der Waals surface area contributed by atoms with E-state index in [1.165, 1.54) is 17.3 Å². The predicted molar refractivity (Wildman–Crippen MR) is 102 cm³/mol. The lowest BCUT2D eigenvalue weighted by atomic mass is 10.0. The zero-order valence-corrected chi connectivity index (χ0v) is 15.7. The summed E-state index contributed by atoms with van der Waals surface area (Å²) < 4.78 is 0. The van der Waals surface area contributed by atoms with Gasteiger partial charge in [-0.05, 0) is 34.9 Å². The van der Waals surface area contributed by atoms with E-state index in [1.807, 2.05) is 23.1 Å². The van der Waals surface area contributed by atoms with E-state index < -0.39 is 0 Å². The Labute approximate surface area is 152 Å². The quantitative estimate of drug-likeness (QED) is 0.764. The van der Waals surface area contributed by atoms with Gasteiger partial charge in [0.1, 0.15) is 0 Å². The number of hydrogen-bond acceptors (Lipinski definition) is 4. The number of carbonyl (C=O) groups is 2. The van der Waals surface area contributed by atoms with Crippen LogP contribution in [0.15, 0.2) is 34.2 Å². The van der Waals surface area contributed by atoms with Crippen LogP contribution in [0.5, 0.6) is 0 Å². The Kier molecular flexibility index (Phi) is 5.27. The van der Waals surface area contributed by atoms with Gasteiger partial charge >= 0.3 is 0 Å². The van der Waals surface area contributed by atoms with Crippen LogP contribution >= 0.6 is 11.8 Å². The zero-order valence-electron chi connectivity index (χ0n) is 14.9. The molecule has 0 aromatic heterocycles. The van der Waals surface area contributed by atoms with Crippen LogP contribution in [0.2, 0.25) is 0 Å². The fraction of sp³-hybridized carbons (Fsp3) is 0.421. The average molecular weight is 357 g/mol. The summed E-state index contributed by atoms with van der Waals surface area (Å²) in [4.78, 5) is 32.4. The minimum Gasteiger partial charge on any atom is -0.347 e. The summed E-state index contributed by atoms with van der Waals surface area (Å²) in [6.07, 6.45) is 1.90. The highest BCUT2D eigenvalue weighted by molar-refractivity contribution is 8.18. The Morgan fingerprint density at radius 3 is 2.36 bits per heavy atom. The van der Waals surface area contributed by atoms with E-state index in [4.69, 9.17) is 0 Å². The first-order valence-electron chi connectivity index (χ1n) is 8.57. The number of benzene rings is 1. The summed E-state index contributed by atoms with van der Waals surface area (Å²) >= 11 is 1.42. The van der Waals surface area contributed by atoms with Crippen molar-refractivity contribution >= 4 is 34.8 Å². The van der Waals surface area contributed by atoms with Crippen LogP contribution in [0.4, 0.5) is 0 Å². The maximum atomic E-state index is 12.2. The molecule has 5 nitrogen and oxygen atoms in total. The predicted octanol–water partition coefficient (Wildman–Crippen LogP) is 2.94. The van der Waals surface area contributed by atoms with Crippen LogP contribution in [0.3, 0.4) is 0 Å². The van der Waals surface area contributed by atoms with Crippen molar-refractivity contribution < 1.29 is 9.59 Å². The molecule has 1 aromatic rings. The first kappa shape index (κ1) is 17.7. The molecule has 0 radical (unpaired) electrons. The third kappa shape index (κ3) is 4.12. The number of piperazine rings is 1. The molecule has 2 heterocycles. The molecule has 1 aromatic carbocycles. The normalized spacial score (nSPS) is 19.8. The van der Waals surface area contributed by atoms with E-state index in [2.05, 4.69) is 35.9 Å². The number of carbonyl (C=O) groups excluding carboxylic acids is 2. The zero-order chi connectivity index (χ0) is 18.0. The molecule has 0 N–H and O–H groups in total. The van der Waals surface area contributed by atoms with Gasteiger partial charge in [-0.25, -0.2) is 0 Å². The molecule has 3 rings (SSSR count). The first-order valence-corrected chi connectivity index (χ1v) is 9.38. The fourth-order valence-electron chi connectivity index (χ4n) is 2.87. The largest absolute Gasteiger partial charge is 0.347 e. The first-order chi connectivity index (χ1) is 11.9. The topological polar surface area (TPSA) is 53.0 Å². The van der Waals surface area contributed by atoms with Crippen LogP contribution in [-0.4, -0.2) is 53.0 Å². The number of amides is 2. The van der Waals surface area contributed by atoms with Gasteiger partial charge in [0.15, 0.2) is 5.17 Å². The smallest absolute Gasteiger partial charge is 0.286 e. The lowest BCUT2D eigenvalue weighted by Crippen LogP contribution is -2.49. The van der Waals surface area contributed by atoms with E-state index in [9.17, 15) is 9.59 Å². The fourth-order valence-corrected chi connectivity index (χ4v) is 3.84. The third-order valence-electron chi connectivity index (χ3n) is 4.51. The van der Waals surface area contributed by atoms with Gasteiger partial charge in [0.25, 0.3) is 5.91 Å². The van der Waals surface area contributed by atoms with Crippen molar-refractivity contribution in [2.24, 2.45) is 4.99 Å². The maximum absolute atomic E-state index is 12.2. The highest BCUT2D eigenvalue weighted by atomic mass is 32.2. The Balaban J connectivity index is 1.65. The Morgan fingerprint density at radius 2 is 1.80 bits per heavy atom. The summed E-state index contributed by atoms with van der Waals surface area (Å²) in [7, 11) is 0.